The van der Waals surface area contributed by atoms with Crippen LogP contribution in [0.2, 0.25) is 0 Å². The van der Waals surface area contributed by atoms with Crippen molar-refractivity contribution in [3.05, 3.63) is 0 Å². The Morgan fingerprint density at radius 2 is 1.71 bits per heavy atom. The van der Waals surface area contributed by atoms with Gasteiger partial charge in [0.2, 0.25) is 0 Å². The molecule has 1 rings (SSSR count). The molecule has 1 aliphatic rings. The topological polar surface area (TPSA) is 35.2 Å². The highest BCUT2D eigenvalue weighted by atomic mass is 16.5. The van der Waals surface area contributed by atoms with Gasteiger partial charge >= 0.3 is 0 Å². The SMILES string of the molecule is CCCCCCCCCCC(N)C1(OC)CCCC(C)C1. The molecular weight excluding hydrogens is 258 g/mol. The van der Waals surface area contributed by atoms with E-state index in [1.807, 2.05) is 7.11 Å². The van der Waals surface area contributed by atoms with Crippen molar-refractivity contribution < 1.29 is 4.74 Å². The second-order valence-electron chi connectivity index (χ2n) is 7.34. The molecule has 0 saturated heterocycles. The number of unbranched alkanes of at least 4 members (excludes halogenated alkanes) is 7. The molecule has 0 heterocycles. The van der Waals surface area contributed by atoms with E-state index in [0.29, 0.717) is 0 Å². The first-order valence-electron chi connectivity index (χ1n) is 9.45. The second kappa shape index (κ2) is 10.6. The molecule has 2 N–H and O–H groups in total. The summed E-state index contributed by atoms with van der Waals surface area (Å²) in [6.45, 7) is 4.62. The van der Waals surface area contributed by atoms with Gasteiger partial charge in [0.15, 0.2) is 0 Å². The largest absolute Gasteiger partial charge is 0.377 e. The van der Waals surface area contributed by atoms with Crippen LogP contribution < -0.4 is 5.73 Å². The van der Waals surface area contributed by atoms with Gasteiger partial charge in [-0.05, 0) is 25.2 Å². The molecule has 21 heavy (non-hydrogen) atoms. The van der Waals surface area contributed by atoms with Gasteiger partial charge in [0, 0.05) is 13.2 Å². The van der Waals surface area contributed by atoms with E-state index in [9.17, 15) is 0 Å². The van der Waals surface area contributed by atoms with Crippen molar-refractivity contribution in [2.45, 2.75) is 109 Å². The molecule has 1 fully saturated rings. The molecule has 0 aromatic rings. The van der Waals surface area contributed by atoms with E-state index < -0.39 is 0 Å². The molecule has 0 spiro atoms. The lowest BCUT2D eigenvalue weighted by molar-refractivity contribution is -0.0726. The third-order valence-corrected chi connectivity index (χ3v) is 5.44. The third kappa shape index (κ3) is 6.69. The summed E-state index contributed by atoms with van der Waals surface area (Å²) in [5, 5.41) is 0. The van der Waals surface area contributed by atoms with E-state index >= 15 is 0 Å². The lowest BCUT2D eigenvalue weighted by Crippen LogP contribution is -2.52. The van der Waals surface area contributed by atoms with Crippen LogP contribution in [0.5, 0.6) is 0 Å². The average molecular weight is 298 g/mol. The quantitative estimate of drug-likeness (QED) is 0.515. The van der Waals surface area contributed by atoms with Crippen molar-refractivity contribution in [1.29, 1.82) is 0 Å². The van der Waals surface area contributed by atoms with Crippen molar-refractivity contribution >= 4 is 0 Å². The van der Waals surface area contributed by atoms with Crippen LogP contribution in [-0.2, 0) is 4.74 Å². The van der Waals surface area contributed by atoms with Gasteiger partial charge < -0.3 is 10.5 Å². The van der Waals surface area contributed by atoms with Gasteiger partial charge in [-0.3, -0.25) is 0 Å². The Kier molecular flexibility index (Phi) is 9.59. The zero-order chi connectivity index (χ0) is 15.6. The maximum atomic E-state index is 6.51. The van der Waals surface area contributed by atoms with Gasteiger partial charge in [-0.1, -0.05) is 78.1 Å². The van der Waals surface area contributed by atoms with Crippen molar-refractivity contribution in [1.82, 2.24) is 0 Å². The summed E-state index contributed by atoms with van der Waals surface area (Å²) in [6, 6.07) is 0.227. The number of hydrogen-bond donors (Lipinski definition) is 1. The highest BCUT2D eigenvalue weighted by molar-refractivity contribution is 4.95. The maximum absolute atomic E-state index is 6.51. The minimum atomic E-state index is -0.0290. The Labute approximate surface area is 133 Å². The summed E-state index contributed by atoms with van der Waals surface area (Å²) in [6.07, 6.45) is 17.0. The molecule has 0 amide bonds. The molecule has 0 bridgehead atoms. The van der Waals surface area contributed by atoms with Gasteiger partial charge in [0.1, 0.15) is 0 Å². The Morgan fingerprint density at radius 3 is 2.29 bits per heavy atom. The summed E-state index contributed by atoms with van der Waals surface area (Å²) >= 11 is 0. The Bertz CT molecular complexity index is 256. The fourth-order valence-corrected chi connectivity index (χ4v) is 3.98. The third-order valence-electron chi connectivity index (χ3n) is 5.44. The van der Waals surface area contributed by atoms with Crippen LogP contribution in [-0.4, -0.2) is 18.8 Å². The zero-order valence-corrected chi connectivity index (χ0v) is 14.8. The summed E-state index contributed by atoms with van der Waals surface area (Å²) in [4.78, 5) is 0. The van der Waals surface area contributed by atoms with Crippen LogP contribution in [0.1, 0.15) is 97.3 Å². The highest BCUT2D eigenvalue weighted by Gasteiger charge is 2.39. The van der Waals surface area contributed by atoms with E-state index in [4.69, 9.17) is 10.5 Å². The second-order valence-corrected chi connectivity index (χ2v) is 7.34. The van der Waals surface area contributed by atoms with Crippen LogP contribution in [0.3, 0.4) is 0 Å². The molecule has 1 saturated carbocycles. The Balaban J connectivity index is 2.15. The van der Waals surface area contributed by atoms with Crippen molar-refractivity contribution in [3.63, 3.8) is 0 Å². The van der Waals surface area contributed by atoms with Crippen LogP contribution >= 0.6 is 0 Å². The number of methoxy groups -OCH3 is 1. The van der Waals surface area contributed by atoms with Gasteiger partial charge in [-0.15, -0.1) is 0 Å². The van der Waals surface area contributed by atoms with Gasteiger partial charge in [0.25, 0.3) is 0 Å². The van der Waals surface area contributed by atoms with Crippen molar-refractivity contribution in [2.24, 2.45) is 11.7 Å². The van der Waals surface area contributed by atoms with Crippen molar-refractivity contribution in [2.75, 3.05) is 7.11 Å². The first-order valence-corrected chi connectivity index (χ1v) is 9.45. The van der Waals surface area contributed by atoms with Gasteiger partial charge in [-0.2, -0.15) is 0 Å². The fourth-order valence-electron chi connectivity index (χ4n) is 3.98. The van der Waals surface area contributed by atoms with Crippen LogP contribution in [0.15, 0.2) is 0 Å². The molecule has 126 valence electrons. The molecule has 2 nitrogen and oxygen atoms in total. The Hall–Kier alpha value is -0.0800. The highest BCUT2D eigenvalue weighted by Crippen LogP contribution is 2.37. The predicted octanol–water partition coefficient (Wildman–Crippen LogP) is 5.44. The van der Waals surface area contributed by atoms with E-state index in [1.165, 1.54) is 64.2 Å². The monoisotopic (exact) mass is 297 g/mol. The number of rotatable bonds is 11. The smallest absolute Gasteiger partial charge is 0.0831 e. The van der Waals surface area contributed by atoms with E-state index in [2.05, 4.69) is 13.8 Å². The van der Waals surface area contributed by atoms with E-state index in [1.54, 1.807) is 0 Å². The molecule has 1 aliphatic carbocycles. The molecule has 2 heteroatoms. The predicted molar refractivity (Wildman–Crippen MR) is 92.6 cm³/mol. The maximum Gasteiger partial charge on any atom is 0.0831 e. The number of hydrogen-bond acceptors (Lipinski definition) is 2. The molecule has 3 atom stereocenters. The minimum Gasteiger partial charge on any atom is -0.377 e. The normalized spacial score (nSPS) is 27.7. The summed E-state index contributed by atoms with van der Waals surface area (Å²) in [5.74, 6) is 0.767. The number of nitrogens with two attached hydrogens (primary N) is 1. The minimum absolute atomic E-state index is 0.0290. The molecule has 0 aromatic heterocycles. The molecule has 0 aromatic carbocycles. The summed E-state index contributed by atoms with van der Waals surface area (Å²) in [5.41, 5.74) is 6.48. The standard InChI is InChI=1S/C19H39NO/c1-4-5-6-7-8-9-10-11-14-18(20)19(21-3)15-12-13-17(2)16-19/h17-18H,4-16,20H2,1-3H3. The molecule has 0 radical (unpaired) electrons. The first-order chi connectivity index (χ1) is 10.1. The Morgan fingerprint density at radius 1 is 1.10 bits per heavy atom. The first kappa shape index (κ1) is 19.0. The molecule has 0 aliphatic heterocycles. The van der Waals surface area contributed by atoms with Crippen LogP contribution in [0.25, 0.3) is 0 Å². The molecule has 3 unspecified atom stereocenters. The lowest BCUT2D eigenvalue weighted by atomic mass is 9.73. The molecular formula is C19H39NO. The summed E-state index contributed by atoms with van der Waals surface area (Å²) in [7, 11) is 1.87. The number of ether oxygens (including phenoxy) is 1. The van der Waals surface area contributed by atoms with Gasteiger partial charge in [-0.25, -0.2) is 0 Å². The van der Waals surface area contributed by atoms with Crippen LogP contribution in [0.4, 0.5) is 0 Å². The average Bonchev–Trinajstić information content (AvgIpc) is 2.49. The van der Waals surface area contributed by atoms with Gasteiger partial charge in [0.05, 0.1) is 5.60 Å². The summed E-state index contributed by atoms with van der Waals surface area (Å²) < 4.78 is 5.91. The van der Waals surface area contributed by atoms with E-state index in [-0.39, 0.29) is 11.6 Å². The zero-order valence-electron chi connectivity index (χ0n) is 14.8. The van der Waals surface area contributed by atoms with Crippen molar-refractivity contribution in [3.8, 4) is 0 Å². The fraction of sp³-hybridized carbons (Fsp3) is 1.00. The lowest BCUT2D eigenvalue weighted by Gasteiger charge is -2.43. The van der Waals surface area contributed by atoms with E-state index in [0.717, 1.165) is 25.2 Å². The van der Waals surface area contributed by atoms with Crippen LogP contribution in [0, 0.1) is 5.92 Å².